The van der Waals surface area contributed by atoms with E-state index in [1.807, 2.05) is 35.7 Å². The van der Waals surface area contributed by atoms with Crippen molar-refractivity contribution in [2.45, 2.75) is 17.5 Å². The van der Waals surface area contributed by atoms with E-state index in [0.717, 1.165) is 21.4 Å². The molecule has 4 rings (SSSR count). The number of ether oxygens (including phenoxy) is 1. The van der Waals surface area contributed by atoms with Gasteiger partial charge in [0.1, 0.15) is 11.3 Å². The maximum absolute atomic E-state index is 11.9. The molecule has 28 heavy (non-hydrogen) atoms. The highest BCUT2D eigenvalue weighted by Gasteiger charge is 2.19. The molecule has 8 heteroatoms. The van der Waals surface area contributed by atoms with Crippen LogP contribution in [0.2, 0.25) is 0 Å². The maximum atomic E-state index is 11.9. The van der Waals surface area contributed by atoms with Gasteiger partial charge >= 0.3 is 5.97 Å². The third kappa shape index (κ3) is 3.88. The van der Waals surface area contributed by atoms with Crippen LogP contribution in [0.3, 0.4) is 0 Å². The second-order valence-electron chi connectivity index (χ2n) is 5.89. The molecule has 3 aromatic heterocycles. The standard InChI is InChI=1S/C20H17N3O3S2/c1-25-19(24)15-9-10-26-16(15)13-28-20-22-21-18(17-8-5-11-27-17)23(20)12-14-6-3-2-4-7-14/h2-11H,12-13H2,1H3. The number of carbonyl (C=O) groups excluding carboxylic acids is 1. The number of hydrogen-bond donors (Lipinski definition) is 0. The molecule has 3 heterocycles. The zero-order valence-corrected chi connectivity index (χ0v) is 16.7. The van der Waals surface area contributed by atoms with Gasteiger partial charge in [0.2, 0.25) is 0 Å². The van der Waals surface area contributed by atoms with Crippen LogP contribution in [0, 0.1) is 0 Å². The summed E-state index contributed by atoms with van der Waals surface area (Å²) in [6.45, 7) is 0.658. The van der Waals surface area contributed by atoms with Crippen molar-refractivity contribution in [1.29, 1.82) is 0 Å². The Balaban J connectivity index is 1.62. The zero-order valence-electron chi connectivity index (χ0n) is 15.1. The molecule has 0 fully saturated rings. The highest BCUT2D eigenvalue weighted by atomic mass is 32.2. The number of esters is 1. The first-order valence-corrected chi connectivity index (χ1v) is 10.4. The van der Waals surface area contributed by atoms with Crippen molar-refractivity contribution < 1.29 is 13.9 Å². The van der Waals surface area contributed by atoms with E-state index < -0.39 is 5.97 Å². The molecule has 0 bridgehead atoms. The molecule has 4 aromatic rings. The number of nitrogens with zero attached hydrogens (tertiary/aromatic N) is 3. The number of methoxy groups -OCH3 is 1. The smallest absolute Gasteiger partial charge is 0.341 e. The Kier molecular flexibility index (Phi) is 5.59. The number of furan rings is 1. The number of aromatic nitrogens is 3. The number of thiophene rings is 1. The predicted octanol–water partition coefficient (Wildman–Crippen LogP) is 4.73. The van der Waals surface area contributed by atoms with Crippen molar-refractivity contribution in [2.75, 3.05) is 7.11 Å². The minimum atomic E-state index is -0.408. The minimum Gasteiger partial charge on any atom is -0.468 e. The summed E-state index contributed by atoms with van der Waals surface area (Å²) in [5.41, 5.74) is 1.60. The Morgan fingerprint density at radius 3 is 2.79 bits per heavy atom. The molecule has 0 unspecified atom stereocenters. The molecule has 6 nitrogen and oxygen atoms in total. The van der Waals surface area contributed by atoms with Crippen molar-refractivity contribution >= 4 is 29.1 Å². The maximum Gasteiger partial charge on any atom is 0.341 e. The van der Waals surface area contributed by atoms with E-state index in [-0.39, 0.29) is 0 Å². The second kappa shape index (κ2) is 8.45. The second-order valence-corrected chi connectivity index (χ2v) is 7.78. The van der Waals surface area contributed by atoms with Crippen LogP contribution in [0.4, 0.5) is 0 Å². The van der Waals surface area contributed by atoms with Crippen LogP contribution in [0.5, 0.6) is 0 Å². The van der Waals surface area contributed by atoms with Crippen molar-refractivity contribution in [3.05, 3.63) is 77.1 Å². The topological polar surface area (TPSA) is 70.2 Å². The van der Waals surface area contributed by atoms with Gasteiger partial charge in [-0.2, -0.15) is 0 Å². The summed E-state index contributed by atoms with van der Waals surface area (Å²) in [4.78, 5) is 12.9. The summed E-state index contributed by atoms with van der Waals surface area (Å²) >= 11 is 3.10. The molecular weight excluding hydrogens is 394 g/mol. The first-order chi connectivity index (χ1) is 13.8. The van der Waals surface area contributed by atoms with Crippen molar-refractivity contribution in [2.24, 2.45) is 0 Å². The van der Waals surface area contributed by atoms with Gasteiger partial charge in [-0.25, -0.2) is 4.79 Å². The van der Waals surface area contributed by atoms with Gasteiger partial charge in [-0.05, 0) is 23.1 Å². The molecular formula is C20H17N3O3S2. The number of hydrogen-bond acceptors (Lipinski definition) is 7. The molecule has 0 aliphatic heterocycles. The number of rotatable bonds is 7. The molecule has 0 saturated carbocycles. The van der Waals surface area contributed by atoms with E-state index in [0.29, 0.717) is 23.6 Å². The highest BCUT2D eigenvalue weighted by molar-refractivity contribution is 7.98. The number of thioether (sulfide) groups is 1. The van der Waals surface area contributed by atoms with Crippen LogP contribution < -0.4 is 0 Å². The molecule has 1 aromatic carbocycles. The number of benzene rings is 1. The lowest BCUT2D eigenvalue weighted by Gasteiger charge is -2.09. The Morgan fingerprint density at radius 1 is 1.18 bits per heavy atom. The Hall–Kier alpha value is -2.84. The van der Waals surface area contributed by atoms with Crippen LogP contribution in [0.15, 0.2) is 69.7 Å². The quantitative estimate of drug-likeness (QED) is 0.324. The number of carbonyl (C=O) groups is 1. The average molecular weight is 412 g/mol. The molecule has 0 radical (unpaired) electrons. The Labute approximate surface area is 170 Å². The first-order valence-electron chi connectivity index (χ1n) is 8.54. The lowest BCUT2D eigenvalue weighted by Crippen LogP contribution is -2.05. The highest BCUT2D eigenvalue weighted by Crippen LogP contribution is 2.30. The van der Waals surface area contributed by atoms with Gasteiger partial charge in [0.05, 0.1) is 30.5 Å². The Morgan fingerprint density at radius 2 is 2.04 bits per heavy atom. The van der Waals surface area contributed by atoms with Crippen LogP contribution in [-0.4, -0.2) is 27.8 Å². The summed E-state index contributed by atoms with van der Waals surface area (Å²) in [5, 5.41) is 11.6. The summed E-state index contributed by atoms with van der Waals surface area (Å²) in [7, 11) is 1.36. The third-order valence-electron chi connectivity index (χ3n) is 4.13. The van der Waals surface area contributed by atoms with Crippen LogP contribution in [-0.2, 0) is 17.0 Å². The van der Waals surface area contributed by atoms with E-state index in [4.69, 9.17) is 9.15 Å². The summed E-state index contributed by atoms with van der Waals surface area (Å²) in [6.07, 6.45) is 1.49. The van der Waals surface area contributed by atoms with E-state index >= 15 is 0 Å². The molecule has 0 saturated heterocycles. The molecule has 142 valence electrons. The van der Waals surface area contributed by atoms with Gasteiger partial charge in [0.15, 0.2) is 11.0 Å². The van der Waals surface area contributed by atoms with Crippen molar-refractivity contribution in [3.8, 4) is 10.7 Å². The monoisotopic (exact) mass is 411 g/mol. The van der Waals surface area contributed by atoms with Crippen molar-refractivity contribution in [3.63, 3.8) is 0 Å². The molecule has 0 amide bonds. The Bertz CT molecular complexity index is 1060. The largest absolute Gasteiger partial charge is 0.468 e. The van der Waals surface area contributed by atoms with Gasteiger partial charge in [0.25, 0.3) is 0 Å². The third-order valence-corrected chi connectivity index (χ3v) is 5.96. The zero-order chi connectivity index (χ0) is 19.3. The lowest BCUT2D eigenvalue weighted by molar-refractivity contribution is 0.0598. The van der Waals surface area contributed by atoms with Crippen molar-refractivity contribution in [1.82, 2.24) is 14.8 Å². The molecule has 0 aliphatic rings. The van der Waals surface area contributed by atoms with Gasteiger partial charge in [-0.1, -0.05) is 48.2 Å². The predicted molar refractivity (Wildman–Crippen MR) is 108 cm³/mol. The fourth-order valence-electron chi connectivity index (χ4n) is 2.77. The molecule has 0 spiro atoms. The van der Waals surface area contributed by atoms with Gasteiger partial charge in [0, 0.05) is 0 Å². The van der Waals surface area contributed by atoms with Crippen LogP contribution in [0.1, 0.15) is 21.7 Å². The SMILES string of the molecule is COC(=O)c1ccoc1CSc1nnc(-c2cccs2)n1Cc1ccccc1. The summed E-state index contributed by atoms with van der Waals surface area (Å²) < 4.78 is 12.4. The first kappa shape index (κ1) is 18.5. The van der Waals surface area contributed by atoms with Gasteiger partial charge in [-0.3, -0.25) is 4.57 Å². The van der Waals surface area contributed by atoms with Gasteiger partial charge in [-0.15, -0.1) is 21.5 Å². The van der Waals surface area contributed by atoms with E-state index in [1.165, 1.54) is 25.1 Å². The van der Waals surface area contributed by atoms with Crippen LogP contribution in [0.25, 0.3) is 10.7 Å². The van der Waals surface area contributed by atoms with Crippen LogP contribution >= 0.6 is 23.1 Å². The van der Waals surface area contributed by atoms with E-state index in [2.05, 4.69) is 26.9 Å². The molecule has 0 aliphatic carbocycles. The summed E-state index contributed by atoms with van der Waals surface area (Å²) in [5.74, 6) is 1.43. The fraction of sp³-hybridized carbons (Fsp3) is 0.150. The minimum absolute atomic E-state index is 0.408. The van der Waals surface area contributed by atoms with Gasteiger partial charge < -0.3 is 9.15 Å². The molecule has 0 atom stereocenters. The average Bonchev–Trinajstić information content (AvgIpc) is 3.47. The summed E-state index contributed by atoms with van der Waals surface area (Å²) in [6, 6.07) is 15.8. The fourth-order valence-corrected chi connectivity index (χ4v) is 4.37. The van der Waals surface area contributed by atoms with E-state index in [1.54, 1.807) is 17.4 Å². The molecule has 0 N–H and O–H groups in total. The van der Waals surface area contributed by atoms with E-state index in [9.17, 15) is 4.79 Å². The normalized spacial score (nSPS) is 10.9. The lowest BCUT2D eigenvalue weighted by atomic mass is 10.2.